The van der Waals surface area contributed by atoms with E-state index in [1.807, 2.05) is 0 Å². The summed E-state index contributed by atoms with van der Waals surface area (Å²) in [7, 11) is 0. The van der Waals surface area contributed by atoms with Gasteiger partial charge in [-0.3, -0.25) is 0 Å². The molecule has 1 nitrogen and oxygen atoms in total. The van der Waals surface area contributed by atoms with Gasteiger partial charge in [-0.05, 0) is 140 Å². The molecule has 0 heterocycles. The lowest BCUT2D eigenvalue weighted by atomic mass is 9.51. The van der Waals surface area contributed by atoms with Gasteiger partial charge in [-0.2, -0.15) is 0 Å². The van der Waals surface area contributed by atoms with Gasteiger partial charge in [0, 0.05) is 16.9 Å². The molecule has 0 aromatic heterocycles. The number of anilines is 3. The Kier molecular flexibility index (Phi) is 8.55. The van der Waals surface area contributed by atoms with Crippen LogP contribution < -0.4 is 4.90 Å². The van der Waals surface area contributed by atoms with Crippen LogP contribution in [0.15, 0.2) is 206 Å². The van der Waals surface area contributed by atoms with E-state index in [9.17, 15) is 0 Å². The average molecular weight is 784 g/mol. The minimum atomic E-state index is -0.631. The van der Waals surface area contributed by atoms with E-state index >= 15 is 0 Å². The fourth-order valence-electron chi connectivity index (χ4n) is 11.7. The van der Waals surface area contributed by atoms with Crippen LogP contribution in [0.1, 0.15) is 76.4 Å². The van der Waals surface area contributed by atoms with E-state index in [-0.39, 0.29) is 0 Å². The molecule has 1 unspecified atom stereocenters. The molecule has 0 saturated carbocycles. The van der Waals surface area contributed by atoms with Gasteiger partial charge >= 0.3 is 0 Å². The predicted octanol–water partition coefficient (Wildman–Crippen LogP) is 15.5. The van der Waals surface area contributed by atoms with Crippen molar-refractivity contribution in [3.63, 3.8) is 0 Å². The highest BCUT2D eigenvalue weighted by molar-refractivity contribution is 5.97. The lowest BCUT2D eigenvalue weighted by Crippen LogP contribution is -2.45. The number of fused-ring (bicyclic) bond motifs is 13. The number of rotatable bonds is 6. The Morgan fingerprint density at radius 1 is 0.426 bits per heavy atom. The molecular formula is C60H49N. The standard InChI is InChI=1S/C60H49N/c1-6-21-54-57(39(2)3)47-28-14-17-31-51(47)59(54)52-32-18-19-33-53(52)60(49-29-15-12-26-45(49)46-27-13-16-30-50(46)60)58-55(59)34-20-35-56(58)61(42-23-8-7-9-24-42)43-37-36-41(5)48(38-43)44-25-11-10-22-40(44)4/h6-39H,1-5H3/b21-6-. The highest BCUT2D eigenvalue weighted by Crippen LogP contribution is 2.69. The molecule has 1 heteroatoms. The number of hydrogen-bond acceptors (Lipinski definition) is 1. The van der Waals surface area contributed by atoms with Crippen molar-refractivity contribution in [2.45, 2.75) is 45.4 Å². The lowest BCUT2D eigenvalue weighted by Gasteiger charge is -2.50. The van der Waals surface area contributed by atoms with E-state index in [0.717, 1.165) is 11.4 Å². The maximum absolute atomic E-state index is 2.55. The molecule has 61 heavy (non-hydrogen) atoms. The molecule has 3 aliphatic carbocycles. The molecule has 0 aliphatic heterocycles. The number of hydrogen-bond donors (Lipinski definition) is 0. The molecule has 2 spiro atoms. The van der Waals surface area contributed by atoms with Crippen LogP contribution in [0, 0.1) is 19.8 Å². The van der Waals surface area contributed by atoms with Crippen LogP contribution in [0.4, 0.5) is 17.1 Å². The van der Waals surface area contributed by atoms with E-state index < -0.39 is 10.8 Å². The molecule has 8 aromatic rings. The monoisotopic (exact) mass is 783 g/mol. The topological polar surface area (TPSA) is 3.24 Å². The van der Waals surface area contributed by atoms with Crippen molar-refractivity contribution in [2.75, 3.05) is 4.90 Å². The molecule has 11 rings (SSSR count). The summed E-state index contributed by atoms with van der Waals surface area (Å²) in [6, 6.07) is 71.2. The third kappa shape index (κ3) is 5.01. The van der Waals surface area contributed by atoms with Gasteiger partial charge in [-0.15, -0.1) is 0 Å². The second-order valence-electron chi connectivity index (χ2n) is 17.3. The van der Waals surface area contributed by atoms with Crippen LogP contribution in [-0.4, -0.2) is 0 Å². The van der Waals surface area contributed by atoms with Gasteiger partial charge in [-0.25, -0.2) is 0 Å². The Morgan fingerprint density at radius 2 is 0.934 bits per heavy atom. The van der Waals surface area contributed by atoms with E-state index in [0.29, 0.717) is 5.92 Å². The summed E-state index contributed by atoms with van der Waals surface area (Å²) in [6.45, 7) is 11.4. The Bertz CT molecular complexity index is 3060. The summed E-state index contributed by atoms with van der Waals surface area (Å²) in [5.41, 5.74) is 23.4. The molecule has 0 radical (unpaired) electrons. The summed E-state index contributed by atoms with van der Waals surface area (Å²) < 4.78 is 0. The third-order valence-electron chi connectivity index (χ3n) is 13.9. The van der Waals surface area contributed by atoms with Crippen LogP contribution in [0.2, 0.25) is 0 Å². The predicted molar refractivity (Wildman–Crippen MR) is 256 cm³/mol. The second-order valence-corrected chi connectivity index (χ2v) is 17.3. The Labute approximate surface area is 361 Å². The molecule has 1 atom stereocenters. The minimum absolute atomic E-state index is 0.308. The smallest absolute Gasteiger partial charge is 0.0740 e. The Hall–Kier alpha value is -6.96. The van der Waals surface area contributed by atoms with Gasteiger partial charge in [0.15, 0.2) is 0 Å². The highest BCUT2D eigenvalue weighted by Gasteiger charge is 2.60. The van der Waals surface area contributed by atoms with Crippen LogP contribution >= 0.6 is 0 Å². The first-order chi connectivity index (χ1) is 29.9. The van der Waals surface area contributed by atoms with Crippen molar-refractivity contribution < 1.29 is 0 Å². The van der Waals surface area contributed by atoms with Crippen molar-refractivity contribution in [3.8, 4) is 22.3 Å². The van der Waals surface area contributed by atoms with Gasteiger partial charge in [0.1, 0.15) is 0 Å². The van der Waals surface area contributed by atoms with Crippen molar-refractivity contribution in [2.24, 2.45) is 5.92 Å². The summed E-state index contributed by atoms with van der Waals surface area (Å²) in [6.07, 6.45) is 4.69. The van der Waals surface area contributed by atoms with Crippen molar-refractivity contribution >= 4 is 22.6 Å². The Morgan fingerprint density at radius 3 is 1.56 bits per heavy atom. The number of nitrogens with zero attached hydrogens (tertiary/aromatic N) is 1. The number of aryl methyl sites for hydroxylation is 2. The molecule has 294 valence electrons. The first-order valence-electron chi connectivity index (χ1n) is 21.8. The van der Waals surface area contributed by atoms with Crippen molar-refractivity contribution in [1.82, 2.24) is 0 Å². The van der Waals surface area contributed by atoms with Crippen molar-refractivity contribution in [1.29, 1.82) is 0 Å². The van der Waals surface area contributed by atoms with Crippen LogP contribution in [-0.2, 0) is 10.8 Å². The fourth-order valence-corrected chi connectivity index (χ4v) is 11.7. The zero-order valence-electron chi connectivity index (χ0n) is 35.6. The average Bonchev–Trinajstić information content (AvgIpc) is 3.75. The molecule has 0 fully saturated rings. The van der Waals surface area contributed by atoms with Gasteiger partial charge in [0.2, 0.25) is 0 Å². The van der Waals surface area contributed by atoms with E-state index in [2.05, 4.69) is 240 Å². The van der Waals surface area contributed by atoms with Crippen LogP contribution in [0.3, 0.4) is 0 Å². The molecular weight excluding hydrogens is 735 g/mol. The fraction of sp³-hybridized carbons (Fsp3) is 0.133. The number of benzene rings is 8. The maximum atomic E-state index is 2.55. The number of para-hydroxylation sites is 1. The summed E-state index contributed by atoms with van der Waals surface area (Å²) in [5.74, 6) is 0.308. The number of allylic oxidation sites excluding steroid dienone is 4. The second kappa shape index (κ2) is 14.1. The summed E-state index contributed by atoms with van der Waals surface area (Å²) >= 11 is 0. The van der Waals surface area contributed by atoms with Crippen LogP contribution in [0.25, 0.3) is 27.8 Å². The molecule has 0 bridgehead atoms. The third-order valence-corrected chi connectivity index (χ3v) is 13.9. The zero-order chi connectivity index (χ0) is 41.5. The van der Waals surface area contributed by atoms with Gasteiger partial charge in [-0.1, -0.05) is 184 Å². The van der Waals surface area contributed by atoms with E-state index in [1.165, 1.54) is 94.7 Å². The maximum Gasteiger partial charge on any atom is 0.0740 e. The molecule has 3 aliphatic rings. The van der Waals surface area contributed by atoms with E-state index in [4.69, 9.17) is 0 Å². The minimum Gasteiger partial charge on any atom is -0.310 e. The highest BCUT2D eigenvalue weighted by atomic mass is 15.1. The SMILES string of the molecule is C/C=C\C1=C(C(C)C)c2ccccc2C12c1ccccc1C1(c3ccccc3-c3ccccc31)c1c(N(c3ccccc3)c3ccc(C)c(-c4ccccc4C)c3)cccc12. The quantitative estimate of drug-likeness (QED) is 0.162. The van der Waals surface area contributed by atoms with Gasteiger partial charge in [0.25, 0.3) is 0 Å². The van der Waals surface area contributed by atoms with Gasteiger partial charge in [0.05, 0.1) is 16.5 Å². The molecule has 0 amide bonds. The zero-order valence-corrected chi connectivity index (χ0v) is 35.6. The normalized spacial score (nSPS) is 16.5. The molecule has 8 aromatic carbocycles. The molecule has 0 N–H and O–H groups in total. The first kappa shape index (κ1) is 37.1. The lowest BCUT2D eigenvalue weighted by molar-refractivity contribution is 0.629. The van der Waals surface area contributed by atoms with E-state index in [1.54, 1.807) is 0 Å². The summed E-state index contributed by atoms with van der Waals surface area (Å²) in [5, 5.41) is 0. The van der Waals surface area contributed by atoms with Gasteiger partial charge < -0.3 is 4.90 Å². The Balaban J connectivity index is 1.36. The summed E-state index contributed by atoms with van der Waals surface area (Å²) in [4.78, 5) is 2.55. The molecule has 0 saturated heterocycles. The largest absolute Gasteiger partial charge is 0.310 e. The van der Waals surface area contributed by atoms with Crippen LogP contribution in [0.5, 0.6) is 0 Å². The van der Waals surface area contributed by atoms with Crippen molar-refractivity contribution in [3.05, 3.63) is 261 Å². The first-order valence-corrected chi connectivity index (χ1v) is 21.8.